The van der Waals surface area contributed by atoms with Crippen LogP contribution in [0.2, 0.25) is 0 Å². The number of rotatable bonds is 5. The molecule has 0 saturated carbocycles. The van der Waals surface area contributed by atoms with Gasteiger partial charge in [0.15, 0.2) is 0 Å². The molecule has 1 heteroatoms. The molecule has 4 aromatic carbocycles. The lowest BCUT2D eigenvalue weighted by atomic mass is 9.82. The van der Waals surface area contributed by atoms with Gasteiger partial charge >= 0.3 is 0 Å². The minimum atomic E-state index is 0.357. The third kappa shape index (κ3) is 5.79. The van der Waals surface area contributed by atoms with E-state index in [9.17, 15) is 0 Å². The van der Waals surface area contributed by atoms with Crippen LogP contribution in [-0.4, -0.2) is 12.6 Å². The Balaban J connectivity index is 0.00000164. The van der Waals surface area contributed by atoms with Crippen LogP contribution in [0.5, 0.6) is 0 Å². The molecule has 0 radical (unpaired) electrons. The van der Waals surface area contributed by atoms with Gasteiger partial charge in [0.05, 0.1) is 0 Å². The largest absolute Gasteiger partial charge is 0.313 e. The van der Waals surface area contributed by atoms with Crippen LogP contribution in [0, 0.1) is 41.5 Å². The standard InChI is InChI=1S/C35H39N.C2H6/c1-22-18-24(3)33(25(4)19-22)28-9-13-30(14-10-28)35(32-8-7-17-36-32)31-15-11-29(12-16-31)34-26(5)20-23(2)21-27(34)6;1-2/h9-16,18-21,32,35-36H,7-8,17H2,1-6H3;1-2H3. The molecule has 0 amide bonds. The Morgan fingerprint density at radius 2 is 0.947 bits per heavy atom. The summed E-state index contributed by atoms with van der Waals surface area (Å²) in [6, 6.07) is 28.4. The monoisotopic (exact) mass is 503 g/mol. The lowest BCUT2D eigenvalue weighted by molar-refractivity contribution is 0.540. The first kappa shape index (κ1) is 27.9. The van der Waals surface area contributed by atoms with Gasteiger partial charge < -0.3 is 5.32 Å². The van der Waals surface area contributed by atoms with Crippen molar-refractivity contribution < 1.29 is 0 Å². The lowest BCUT2D eigenvalue weighted by Gasteiger charge is -2.26. The molecular formula is C37H45N. The molecule has 1 saturated heterocycles. The minimum absolute atomic E-state index is 0.357. The van der Waals surface area contributed by atoms with Crippen molar-refractivity contribution in [1.29, 1.82) is 0 Å². The van der Waals surface area contributed by atoms with E-state index in [-0.39, 0.29) is 0 Å². The molecule has 1 heterocycles. The molecular weight excluding hydrogens is 458 g/mol. The topological polar surface area (TPSA) is 12.0 Å². The van der Waals surface area contributed by atoms with Gasteiger partial charge in [-0.3, -0.25) is 0 Å². The first-order valence-corrected chi connectivity index (χ1v) is 14.4. The summed E-state index contributed by atoms with van der Waals surface area (Å²) in [5, 5.41) is 3.80. The summed E-state index contributed by atoms with van der Waals surface area (Å²) in [4.78, 5) is 0. The fourth-order valence-electron chi connectivity index (χ4n) is 6.64. The highest BCUT2D eigenvalue weighted by Crippen LogP contribution is 2.36. The zero-order chi connectivity index (χ0) is 27.4. The van der Waals surface area contributed by atoms with E-state index in [0.29, 0.717) is 12.0 Å². The maximum absolute atomic E-state index is 3.80. The number of hydrogen-bond donors (Lipinski definition) is 1. The van der Waals surface area contributed by atoms with E-state index < -0.39 is 0 Å². The third-order valence-electron chi connectivity index (χ3n) is 7.97. The van der Waals surface area contributed by atoms with Crippen molar-refractivity contribution in [2.45, 2.75) is 80.2 Å². The molecule has 1 N–H and O–H groups in total. The Labute approximate surface area is 231 Å². The first-order valence-electron chi connectivity index (χ1n) is 14.4. The second-order valence-corrected chi connectivity index (χ2v) is 11.0. The van der Waals surface area contributed by atoms with E-state index in [1.165, 1.54) is 79.6 Å². The summed E-state index contributed by atoms with van der Waals surface area (Å²) in [5.41, 5.74) is 16.2. The fraction of sp³-hybridized carbons (Fsp3) is 0.351. The molecule has 1 nitrogen and oxygen atoms in total. The molecule has 1 fully saturated rings. The van der Waals surface area contributed by atoms with Crippen molar-refractivity contribution in [2.24, 2.45) is 0 Å². The Morgan fingerprint density at radius 1 is 0.579 bits per heavy atom. The quantitative estimate of drug-likeness (QED) is 0.286. The second-order valence-electron chi connectivity index (χ2n) is 11.0. The zero-order valence-corrected chi connectivity index (χ0v) is 24.7. The van der Waals surface area contributed by atoms with Crippen LogP contribution in [0.4, 0.5) is 0 Å². The maximum Gasteiger partial charge on any atom is 0.0243 e. The van der Waals surface area contributed by atoms with Crippen LogP contribution >= 0.6 is 0 Å². The van der Waals surface area contributed by atoms with Crippen molar-refractivity contribution in [1.82, 2.24) is 5.32 Å². The van der Waals surface area contributed by atoms with Gasteiger partial charge in [-0.15, -0.1) is 0 Å². The van der Waals surface area contributed by atoms with Crippen LogP contribution in [-0.2, 0) is 0 Å². The van der Waals surface area contributed by atoms with Crippen molar-refractivity contribution in [2.75, 3.05) is 6.54 Å². The minimum Gasteiger partial charge on any atom is -0.313 e. The van der Waals surface area contributed by atoms with E-state index >= 15 is 0 Å². The molecule has 5 rings (SSSR count). The van der Waals surface area contributed by atoms with Gasteiger partial charge in [0.2, 0.25) is 0 Å². The van der Waals surface area contributed by atoms with Gasteiger partial charge in [-0.1, -0.05) is 97.8 Å². The summed E-state index contributed by atoms with van der Waals surface area (Å²) >= 11 is 0. The summed E-state index contributed by atoms with van der Waals surface area (Å²) in [6.45, 7) is 18.4. The Bertz CT molecular complexity index is 1220. The smallest absolute Gasteiger partial charge is 0.0243 e. The third-order valence-corrected chi connectivity index (χ3v) is 7.97. The Kier molecular flexibility index (Phi) is 8.90. The van der Waals surface area contributed by atoms with Crippen molar-refractivity contribution in [3.63, 3.8) is 0 Å². The van der Waals surface area contributed by atoms with Gasteiger partial charge in [-0.05, 0) is 117 Å². The van der Waals surface area contributed by atoms with Gasteiger partial charge in [0.1, 0.15) is 0 Å². The van der Waals surface area contributed by atoms with Crippen LogP contribution in [0.25, 0.3) is 22.3 Å². The molecule has 1 unspecified atom stereocenters. The predicted molar refractivity (Wildman–Crippen MR) is 166 cm³/mol. The lowest BCUT2D eigenvalue weighted by Crippen LogP contribution is -2.29. The highest BCUT2D eigenvalue weighted by atomic mass is 14.9. The van der Waals surface area contributed by atoms with Crippen molar-refractivity contribution >= 4 is 0 Å². The molecule has 1 aliphatic heterocycles. The molecule has 0 spiro atoms. The predicted octanol–water partition coefficient (Wildman–Crippen LogP) is 9.78. The molecule has 0 aromatic heterocycles. The highest BCUT2D eigenvalue weighted by Gasteiger charge is 2.27. The first-order chi connectivity index (χ1) is 18.3. The maximum atomic E-state index is 3.80. The SMILES string of the molecule is CC.Cc1cc(C)c(-c2ccc(C(c3ccc(-c4c(C)cc(C)cc4C)cc3)C3CCCN3)cc2)c(C)c1. The fourth-order valence-corrected chi connectivity index (χ4v) is 6.64. The molecule has 38 heavy (non-hydrogen) atoms. The molecule has 198 valence electrons. The average Bonchev–Trinajstić information content (AvgIpc) is 3.40. The van der Waals surface area contributed by atoms with E-state index in [1.807, 2.05) is 13.8 Å². The zero-order valence-electron chi connectivity index (χ0n) is 24.7. The number of nitrogens with one attached hydrogen (secondary N) is 1. The number of hydrogen-bond acceptors (Lipinski definition) is 1. The van der Waals surface area contributed by atoms with Crippen LogP contribution in [0.15, 0.2) is 72.8 Å². The normalized spacial score (nSPS) is 14.9. The van der Waals surface area contributed by atoms with Crippen molar-refractivity contribution in [3.8, 4) is 22.3 Å². The molecule has 4 aromatic rings. The molecule has 1 aliphatic rings. The summed E-state index contributed by atoms with van der Waals surface area (Å²) in [6.07, 6.45) is 2.47. The van der Waals surface area contributed by atoms with Crippen LogP contribution in [0.1, 0.15) is 77.1 Å². The molecule has 0 aliphatic carbocycles. The number of aryl methyl sites for hydroxylation is 6. The highest BCUT2D eigenvalue weighted by molar-refractivity contribution is 5.73. The Hall–Kier alpha value is -3.16. The number of benzene rings is 4. The Morgan fingerprint density at radius 3 is 1.26 bits per heavy atom. The van der Waals surface area contributed by atoms with Gasteiger partial charge in [-0.2, -0.15) is 0 Å². The summed E-state index contributed by atoms with van der Waals surface area (Å²) in [5.74, 6) is 0.357. The average molecular weight is 504 g/mol. The van der Waals surface area contributed by atoms with E-state index in [0.717, 1.165) is 6.54 Å². The van der Waals surface area contributed by atoms with Crippen LogP contribution < -0.4 is 5.32 Å². The second kappa shape index (κ2) is 12.1. The summed E-state index contributed by atoms with van der Waals surface area (Å²) in [7, 11) is 0. The molecule has 1 atom stereocenters. The summed E-state index contributed by atoms with van der Waals surface area (Å²) < 4.78 is 0. The van der Waals surface area contributed by atoms with Crippen molar-refractivity contribution in [3.05, 3.63) is 117 Å². The van der Waals surface area contributed by atoms with Gasteiger partial charge in [0.25, 0.3) is 0 Å². The van der Waals surface area contributed by atoms with Gasteiger partial charge in [0, 0.05) is 12.0 Å². The van der Waals surface area contributed by atoms with E-state index in [4.69, 9.17) is 0 Å². The van der Waals surface area contributed by atoms with E-state index in [1.54, 1.807) is 0 Å². The van der Waals surface area contributed by atoms with Gasteiger partial charge in [-0.25, -0.2) is 0 Å². The van der Waals surface area contributed by atoms with E-state index in [2.05, 4.69) is 120 Å². The molecule has 0 bridgehead atoms. The van der Waals surface area contributed by atoms with Crippen LogP contribution in [0.3, 0.4) is 0 Å².